The molecule has 4 N–H and O–H groups in total. The van der Waals surface area contributed by atoms with Gasteiger partial charge >= 0.3 is 8.60 Å². The molecule has 4 nitrogen and oxygen atoms in total. The molecule has 0 spiro atoms. The molecule has 0 aliphatic carbocycles. The highest BCUT2D eigenvalue weighted by molar-refractivity contribution is 7.39. The minimum atomic E-state index is -2.19. The quantitative estimate of drug-likeness (QED) is 0.495. The van der Waals surface area contributed by atoms with E-state index in [1.54, 1.807) is 0 Å². The second-order valence-corrected chi connectivity index (χ2v) is 2.62. The largest absolute Gasteiger partial charge is 0.328 e. The topological polar surface area (TPSA) is 75.7 Å². The van der Waals surface area contributed by atoms with Crippen molar-refractivity contribution in [1.82, 2.24) is 0 Å². The number of nitrogens with two attached hydrogens (primary N) is 1. The molecule has 0 aromatic heterocycles. The lowest BCUT2D eigenvalue weighted by Gasteiger charge is -2.05. The lowest BCUT2D eigenvalue weighted by molar-refractivity contribution is 0.246. The zero-order chi connectivity index (χ0) is 7.28. The Hall–Kier alpha value is 0.270. The first-order chi connectivity index (χ1) is 4.13. The summed E-state index contributed by atoms with van der Waals surface area (Å²) in [7, 11) is -2.19. The van der Waals surface area contributed by atoms with Gasteiger partial charge in [-0.3, -0.25) is 0 Å². The van der Waals surface area contributed by atoms with E-state index in [2.05, 4.69) is 4.52 Å². The van der Waals surface area contributed by atoms with Crippen molar-refractivity contribution < 1.29 is 14.3 Å². The van der Waals surface area contributed by atoms with Crippen LogP contribution < -0.4 is 5.73 Å². The minimum absolute atomic E-state index is 0.0555. The van der Waals surface area contributed by atoms with Gasteiger partial charge in [-0.2, -0.15) is 0 Å². The van der Waals surface area contributed by atoms with Crippen LogP contribution >= 0.6 is 8.60 Å². The van der Waals surface area contributed by atoms with E-state index < -0.39 is 8.60 Å². The maximum Gasteiger partial charge on any atom is 0.327 e. The van der Waals surface area contributed by atoms with Crippen LogP contribution in [-0.4, -0.2) is 22.4 Å². The van der Waals surface area contributed by atoms with Crippen LogP contribution in [0.2, 0.25) is 0 Å². The van der Waals surface area contributed by atoms with Gasteiger partial charge in [0.1, 0.15) is 0 Å². The fraction of sp³-hybridized carbons (Fsp3) is 1.00. The summed E-state index contributed by atoms with van der Waals surface area (Å²) in [6.07, 6.45) is 0.653. The highest BCUT2D eigenvalue weighted by Crippen LogP contribution is 2.23. The lowest BCUT2D eigenvalue weighted by atomic mass is 10.3. The van der Waals surface area contributed by atoms with Crippen LogP contribution in [0.25, 0.3) is 0 Å². The Kier molecular flexibility index (Phi) is 5.24. The molecule has 0 rings (SSSR count). The van der Waals surface area contributed by atoms with E-state index in [1.165, 1.54) is 0 Å². The van der Waals surface area contributed by atoms with Crippen molar-refractivity contribution >= 4 is 8.60 Å². The molecule has 0 bridgehead atoms. The van der Waals surface area contributed by atoms with E-state index >= 15 is 0 Å². The van der Waals surface area contributed by atoms with Crippen LogP contribution in [0, 0.1) is 0 Å². The van der Waals surface area contributed by atoms with Crippen molar-refractivity contribution in [3.8, 4) is 0 Å². The molecule has 0 amide bonds. The predicted molar refractivity (Wildman–Crippen MR) is 35.6 cm³/mol. The van der Waals surface area contributed by atoms with Gasteiger partial charge in [0.05, 0.1) is 6.61 Å². The van der Waals surface area contributed by atoms with Gasteiger partial charge in [-0.25, -0.2) is 0 Å². The third kappa shape index (κ3) is 8.27. The molecule has 0 fully saturated rings. The molecule has 0 aliphatic rings. The Balaban J connectivity index is 2.91. The van der Waals surface area contributed by atoms with Crippen molar-refractivity contribution in [2.75, 3.05) is 6.61 Å². The summed E-state index contributed by atoms with van der Waals surface area (Å²) in [5.74, 6) is 0. The Labute approximate surface area is 55.6 Å². The Morgan fingerprint density at radius 3 is 2.56 bits per heavy atom. The van der Waals surface area contributed by atoms with Gasteiger partial charge in [0, 0.05) is 6.04 Å². The summed E-state index contributed by atoms with van der Waals surface area (Å²) in [5.41, 5.74) is 5.34. The third-order valence-electron chi connectivity index (χ3n) is 0.780. The molecule has 0 aromatic rings. The summed E-state index contributed by atoms with van der Waals surface area (Å²) >= 11 is 0. The van der Waals surface area contributed by atoms with E-state index in [1.807, 2.05) is 6.92 Å². The molecule has 56 valence electrons. The zero-order valence-electron chi connectivity index (χ0n) is 5.32. The highest BCUT2D eigenvalue weighted by atomic mass is 31.2. The van der Waals surface area contributed by atoms with Crippen molar-refractivity contribution in [3.05, 3.63) is 0 Å². The number of rotatable bonds is 4. The number of hydrogen-bond donors (Lipinski definition) is 3. The molecule has 5 heteroatoms. The molecule has 0 aliphatic heterocycles. The lowest BCUT2D eigenvalue weighted by Crippen LogP contribution is -2.16. The van der Waals surface area contributed by atoms with E-state index in [4.69, 9.17) is 15.5 Å². The zero-order valence-corrected chi connectivity index (χ0v) is 6.21. The van der Waals surface area contributed by atoms with Crippen molar-refractivity contribution in [2.45, 2.75) is 19.4 Å². The van der Waals surface area contributed by atoms with Gasteiger partial charge < -0.3 is 20.0 Å². The van der Waals surface area contributed by atoms with Crippen molar-refractivity contribution in [2.24, 2.45) is 5.73 Å². The SMILES string of the molecule is CC(N)CCOP(O)O. The molecular weight excluding hydrogens is 141 g/mol. The first-order valence-electron chi connectivity index (χ1n) is 2.69. The highest BCUT2D eigenvalue weighted by Gasteiger charge is 1.99. The number of hydrogen-bond acceptors (Lipinski definition) is 4. The van der Waals surface area contributed by atoms with Crippen molar-refractivity contribution in [1.29, 1.82) is 0 Å². The van der Waals surface area contributed by atoms with Crippen LogP contribution in [0.15, 0.2) is 0 Å². The van der Waals surface area contributed by atoms with E-state index in [9.17, 15) is 0 Å². The summed E-state index contributed by atoms with van der Waals surface area (Å²) in [5, 5.41) is 0. The standard InChI is InChI=1S/C4H12NO3P/c1-4(5)2-3-8-9(6)7/h4,6-7H,2-3,5H2,1H3. The van der Waals surface area contributed by atoms with Crippen LogP contribution in [-0.2, 0) is 4.52 Å². The molecule has 1 atom stereocenters. The van der Waals surface area contributed by atoms with Crippen LogP contribution in [0.5, 0.6) is 0 Å². The van der Waals surface area contributed by atoms with Gasteiger partial charge in [0.15, 0.2) is 0 Å². The van der Waals surface area contributed by atoms with Gasteiger partial charge in [0.25, 0.3) is 0 Å². The van der Waals surface area contributed by atoms with Gasteiger partial charge in [0.2, 0.25) is 0 Å². The van der Waals surface area contributed by atoms with E-state index in [-0.39, 0.29) is 6.04 Å². The van der Waals surface area contributed by atoms with Gasteiger partial charge in [-0.15, -0.1) is 0 Å². The molecular formula is C4H12NO3P. The molecule has 0 heterocycles. The second-order valence-electron chi connectivity index (χ2n) is 1.85. The van der Waals surface area contributed by atoms with Crippen LogP contribution in [0.1, 0.15) is 13.3 Å². The summed E-state index contributed by atoms with van der Waals surface area (Å²) in [6, 6.07) is 0.0555. The average molecular weight is 153 g/mol. The van der Waals surface area contributed by atoms with E-state index in [0.717, 1.165) is 0 Å². The predicted octanol–water partition coefficient (Wildman–Crippen LogP) is -0.0482. The Morgan fingerprint density at radius 2 is 2.22 bits per heavy atom. The Morgan fingerprint density at radius 1 is 1.67 bits per heavy atom. The molecule has 0 radical (unpaired) electrons. The summed E-state index contributed by atoms with van der Waals surface area (Å²) in [4.78, 5) is 16.4. The summed E-state index contributed by atoms with van der Waals surface area (Å²) in [6.45, 7) is 2.15. The van der Waals surface area contributed by atoms with Gasteiger partial charge in [-0.05, 0) is 13.3 Å². The molecule has 0 saturated carbocycles. The Bertz CT molecular complexity index is 60.8. The van der Waals surface area contributed by atoms with E-state index in [0.29, 0.717) is 13.0 Å². The summed E-state index contributed by atoms with van der Waals surface area (Å²) < 4.78 is 4.45. The second kappa shape index (κ2) is 5.09. The van der Waals surface area contributed by atoms with Crippen LogP contribution in [0.4, 0.5) is 0 Å². The van der Waals surface area contributed by atoms with Crippen molar-refractivity contribution in [3.63, 3.8) is 0 Å². The molecule has 0 saturated heterocycles. The normalized spacial score (nSPS) is 14.3. The van der Waals surface area contributed by atoms with Crippen LogP contribution in [0.3, 0.4) is 0 Å². The molecule has 0 aromatic carbocycles. The first-order valence-corrected chi connectivity index (χ1v) is 3.86. The maximum absolute atomic E-state index is 8.22. The molecule has 1 unspecified atom stereocenters. The smallest absolute Gasteiger partial charge is 0.327 e. The maximum atomic E-state index is 8.22. The monoisotopic (exact) mass is 153 g/mol. The average Bonchev–Trinajstić information content (AvgIpc) is 1.63. The fourth-order valence-corrected chi connectivity index (χ4v) is 0.589. The van der Waals surface area contributed by atoms with Gasteiger partial charge in [-0.1, -0.05) is 0 Å². The third-order valence-corrected chi connectivity index (χ3v) is 1.19. The molecule has 9 heavy (non-hydrogen) atoms. The fourth-order valence-electron chi connectivity index (χ4n) is 0.320. The first kappa shape index (κ1) is 9.27. The minimum Gasteiger partial charge on any atom is -0.328 e.